The summed E-state index contributed by atoms with van der Waals surface area (Å²) in [4.78, 5) is 48.1. The van der Waals surface area contributed by atoms with Gasteiger partial charge < -0.3 is 15.5 Å². The average molecular weight is 610 g/mol. The summed E-state index contributed by atoms with van der Waals surface area (Å²) in [5.41, 5.74) is 0. The zero-order valence-electron chi connectivity index (χ0n) is 27.3. The van der Waals surface area contributed by atoms with Gasteiger partial charge in [0.15, 0.2) is 5.78 Å². The Bertz CT molecular complexity index is 673. The van der Waals surface area contributed by atoms with Crippen molar-refractivity contribution in [1.29, 1.82) is 0 Å². The predicted octanol–water partition coefficient (Wildman–Crippen LogP) is 7.21. The second-order valence-electron chi connectivity index (χ2n) is 12.3. The van der Waals surface area contributed by atoms with Crippen LogP contribution in [0.4, 0.5) is 0 Å². The fraction of sp³-hybridized carbons (Fsp3) is 0.882. The molecule has 42 heavy (non-hydrogen) atoms. The van der Waals surface area contributed by atoms with E-state index in [1.54, 1.807) is 11.9 Å². The third-order valence-electron chi connectivity index (χ3n) is 8.59. The third-order valence-corrected chi connectivity index (χ3v) is 9.52. The molecule has 1 unspecified atom stereocenters. The number of carbonyl (C=O) groups is 4. The second-order valence-corrected chi connectivity index (χ2v) is 13.3. The van der Waals surface area contributed by atoms with Crippen molar-refractivity contribution in [1.82, 2.24) is 15.5 Å². The molecular weight excluding hydrogens is 546 g/mol. The molecule has 2 aliphatic rings. The molecule has 2 rings (SSSR count). The van der Waals surface area contributed by atoms with Gasteiger partial charge in [-0.2, -0.15) is 0 Å². The number of carbonyl (C=O) groups excluding carboxylic acids is 4. The molecule has 2 atom stereocenters. The lowest BCUT2D eigenvalue weighted by Crippen LogP contribution is -2.40. The van der Waals surface area contributed by atoms with Gasteiger partial charge in [0.25, 0.3) is 0 Å². The van der Waals surface area contributed by atoms with Gasteiger partial charge in [0.05, 0.1) is 17.5 Å². The molecule has 1 aliphatic carbocycles. The van der Waals surface area contributed by atoms with Crippen molar-refractivity contribution >= 4 is 35.3 Å². The van der Waals surface area contributed by atoms with Crippen LogP contribution in [-0.2, 0) is 19.2 Å². The number of ketones is 1. The number of hydrogen-bond donors (Lipinski definition) is 2. The maximum atomic E-state index is 12.1. The molecule has 244 valence electrons. The second kappa shape index (κ2) is 25.9. The van der Waals surface area contributed by atoms with E-state index < -0.39 is 0 Å². The van der Waals surface area contributed by atoms with Crippen LogP contribution in [0.2, 0.25) is 0 Å². The number of rotatable bonds is 10. The van der Waals surface area contributed by atoms with Crippen LogP contribution in [0, 0.1) is 5.92 Å². The van der Waals surface area contributed by atoms with Crippen molar-refractivity contribution in [3.63, 3.8) is 0 Å². The molecular formula is C34H63N3O4S. The minimum absolute atomic E-state index is 0.0212. The number of likely N-dealkylation sites (tertiary alicyclic amines) is 1. The Morgan fingerprint density at radius 3 is 1.52 bits per heavy atom. The van der Waals surface area contributed by atoms with Crippen LogP contribution in [0.3, 0.4) is 0 Å². The molecule has 8 heteroatoms. The molecule has 0 spiro atoms. The lowest BCUT2D eigenvalue weighted by molar-refractivity contribution is -0.135. The van der Waals surface area contributed by atoms with Gasteiger partial charge in [0.1, 0.15) is 0 Å². The summed E-state index contributed by atoms with van der Waals surface area (Å²) in [5.74, 6) is 0.505. The summed E-state index contributed by atoms with van der Waals surface area (Å²) in [7, 11) is 1.56. The van der Waals surface area contributed by atoms with E-state index in [0.29, 0.717) is 32.4 Å². The van der Waals surface area contributed by atoms with Crippen LogP contribution < -0.4 is 10.6 Å². The van der Waals surface area contributed by atoms with Crippen molar-refractivity contribution in [2.24, 2.45) is 5.92 Å². The molecule has 1 saturated heterocycles. The van der Waals surface area contributed by atoms with Crippen LogP contribution in [0.15, 0.2) is 0 Å². The van der Waals surface area contributed by atoms with Crippen LogP contribution in [0.25, 0.3) is 0 Å². The summed E-state index contributed by atoms with van der Waals surface area (Å²) < 4.78 is 0. The molecule has 0 aromatic carbocycles. The van der Waals surface area contributed by atoms with E-state index in [-0.39, 0.29) is 47.0 Å². The third kappa shape index (κ3) is 19.6. The Hall–Kier alpha value is -1.57. The number of amides is 3. The number of Topliss-reactive ketones (excluding diaryl/α,β-unsaturated/α-hetero) is 1. The molecule has 0 bridgehead atoms. The van der Waals surface area contributed by atoms with Crippen LogP contribution in [0.5, 0.6) is 0 Å². The first-order valence-electron chi connectivity index (χ1n) is 17.2. The molecule has 1 heterocycles. The van der Waals surface area contributed by atoms with Crippen molar-refractivity contribution < 1.29 is 19.2 Å². The molecule has 0 aromatic rings. The Kier molecular flexibility index (Phi) is 23.7. The molecule has 1 saturated carbocycles. The Morgan fingerprint density at radius 2 is 1.17 bits per heavy atom. The van der Waals surface area contributed by atoms with Gasteiger partial charge in [-0.25, -0.2) is 0 Å². The fourth-order valence-electron chi connectivity index (χ4n) is 5.99. The summed E-state index contributed by atoms with van der Waals surface area (Å²) in [6, 6.07) is -0.321. The SMILES string of the molecule is C1CCCCCCCCCCCCCCCCC1.CC[C@H](C(C)=O)N1CC(CCNC(=O)CSCC(=O)NC)CC1=O. The van der Waals surface area contributed by atoms with E-state index >= 15 is 0 Å². The van der Waals surface area contributed by atoms with Crippen molar-refractivity contribution in [2.75, 3.05) is 31.6 Å². The van der Waals surface area contributed by atoms with Gasteiger partial charge in [-0.05, 0) is 25.7 Å². The van der Waals surface area contributed by atoms with Gasteiger partial charge in [-0.3, -0.25) is 19.2 Å². The number of thioether (sulfide) groups is 1. The molecule has 1 aliphatic heterocycles. The Labute approximate surface area is 261 Å². The minimum atomic E-state index is -0.321. The van der Waals surface area contributed by atoms with E-state index in [2.05, 4.69) is 10.6 Å². The topological polar surface area (TPSA) is 95.6 Å². The Balaban J connectivity index is 0.000000437. The van der Waals surface area contributed by atoms with E-state index in [1.807, 2.05) is 6.92 Å². The highest BCUT2D eigenvalue weighted by molar-refractivity contribution is 8.00. The zero-order chi connectivity index (χ0) is 30.8. The van der Waals surface area contributed by atoms with E-state index in [4.69, 9.17) is 0 Å². The van der Waals surface area contributed by atoms with Crippen molar-refractivity contribution in [3.8, 4) is 0 Å². The van der Waals surface area contributed by atoms with E-state index in [9.17, 15) is 19.2 Å². The summed E-state index contributed by atoms with van der Waals surface area (Å²) >= 11 is 1.26. The molecule has 2 fully saturated rings. The summed E-state index contributed by atoms with van der Waals surface area (Å²) in [5, 5.41) is 5.31. The molecule has 2 N–H and O–H groups in total. The van der Waals surface area contributed by atoms with Gasteiger partial charge in [0.2, 0.25) is 17.7 Å². The van der Waals surface area contributed by atoms with Gasteiger partial charge in [-0.15, -0.1) is 11.8 Å². The highest BCUT2D eigenvalue weighted by atomic mass is 32.2. The predicted molar refractivity (Wildman–Crippen MR) is 177 cm³/mol. The number of hydrogen-bond acceptors (Lipinski definition) is 5. The highest BCUT2D eigenvalue weighted by Gasteiger charge is 2.35. The summed E-state index contributed by atoms with van der Waals surface area (Å²) in [6.07, 6.45) is 28.8. The van der Waals surface area contributed by atoms with Gasteiger partial charge in [0, 0.05) is 26.6 Å². The summed E-state index contributed by atoms with van der Waals surface area (Å²) in [6.45, 7) is 4.51. The van der Waals surface area contributed by atoms with E-state index in [0.717, 1.165) is 0 Å². The number of nitrogens with zero attached hydrogens (tertiary/aromatic N) is 1. The maximum Gasteiger partial charge on any atom is 0.230 e. The lowest BCUT2D eigenvalue weighted by Gasteiger charge is -2.25. The fourth-order valence-corrected chi connectivity index (χ4v) is 6.71. The van der Waals surface area contributed by atoms with Gasteiger partial charge in [-0.1, -0.05) is 122 Å². The number of nitrogens with one attached hydrogen (secondary N) is 2. The van der Waals surface area contributed by atoms with Crippen molar-refractivity contribution in [2.45, 2.75) is 155 Å². The first-order chi connectivity index (χ1) is 20.4. The van der Waals surface area contributed by atoms with Crippen LogP contribution >= 0.6 is 11.8 Å². The minimum Gasteiger partial charge on any atom is -0.358 e. The highest BCUT2D eigenvalue weighted by Crippen LogP contribution is 2.24. The first-order valence-corrected chi connectivity index (χ1v) is 18.4. The molecule has 7 nitrogen and oxygen atoms in total. The zero-order valence-corrected chi connectivity index (χ0v) is 28.1. The average Bonchev–Trinajstić information content (AvgIpc) is 3.33. The smallest absolute Gasteiger partial charge is 0.230 e. The normalized spacial score (nSPS) is 20.8. The van der Waals surface area contributed by atoms with Gasteiger partial charge >= 0.3 is 0 Å². The molecule has 0 radical (unpaired) electrons. The van der Waals surface area contributed by atoms with Crippen molar-refractivity contribution in [3.05, 3.63) is 0 Å². The Morgan fingerprint density at radius 1 is 0.762 bits per heavy atom. The molecule has 0 aromatic heterocycles. The van der Waals surface area contributed by atoms with E-state index in [1.165, 1.54) is 134 Å². The maximum absolute atomic E-state index is 12.1. The van der Waals surface area contributed by atoms with Crippen LogP contribution in [-0.4, -0.2) is 66.1 Å². The lowest BCUT2D eigenvalue weighted by atomic mass is 10.0. The quantitative estimate of drug-likeness (QED) is 0.273. The standard InChI is InChI=1S/C18H36.C16H27N3O4S/c1-2-4-6-8-10-12-14-16-18-17-15-13-11-9-7-5-3-1;1-4-13(11(2)20)19-8-12(7-16(19)23)5-6-18-15(22)10-24-9-14(21)17-3/h1-18H2;12-13H,4-10H2,1-3H3,(H,17,21)(H,18,22)/t;12?,13-/m.1/s1. The largest absolute Gasteiger partial charge is 0.358 e. The first kappa shape index (κ1) is 38.5. The van der Waals surface area contributed by atoms with Crippen LogP contribution in [0.1, 0.15) is 149 Å². The molecule has 3 amide bonds. The monoisotopic (exact) mass is 609 g/mol.